The number of carbonyl (C=O) groups excluding carboxylic acids is 1. The maximum atomic E-state index is 11.7. The molecule has 0 radical (unpaired) electrons. The summed E-state index contributed by atoms with van der Waals surface area (Å²) < 4.78 is 39.8. The van der Waals surface area contributed by atoms with Crippen molar-refractivity contribution in [2.24, 2.45) is 5.92 Å². The predicted molar refractivity (Wildman–Crippen MR) is 47.2 cm³/mol. The van der Waals surface area contributed by atoms with Crippen LogP contribution in [-0.2, 0) is 9.53 Å². The van der Waals surface area contributed by atoms with Crippen LogP contribution < -0.4 is 5.32 Å². The topological polar surface area (TPSA) is 38.3 Å². The lowest BCUT2D eigenvalue weighted by Crippen LogP contribution is -2.33. The molecule has 0 amide bonds. The third-order valence-electron chi connectivity index (χ3n) is 2.30. The molecule has 0 unspecified atom stereocenters. The highest BCUT2D eigenvalue weighted by Gasteiger charge is 2.28. The average Bonchev–Trinajstić information content (AvgIpc) is 2.17. The number of hydrogen-bond donors (Lipinski definition) is 1. The minimum absolute atomic E-state index is 0.237. The molecule has 6 heteroatoms. The molecule has 1 rings (SSSR count). The summed E-state index contributed by atoms with van der Waals surface area (Å²) in [5.74, 6) is -0.736. The fraction of sp³-hybridized carbons (Fsp3) is 0.889. The average molecular weight is 225 g/mol. The zero-order valence-corrected chi connectivity index (χ0v) is 8.27. The largest absolute Gasteiger partial charge is 0.465 e. The number of carbonyl (C=O) groups is 1. The van der Waals surface area contributed by atoms with Gasteiger partial charge in [0.25, 0.3) is 0 Å². The summed E-state index contributed by atoms with van der Waals surface area (Å²) >= 11 is 0. The van der Waals surface area contributed by atoms with Gasteiger partial charge in [-0.15, -0.1) is 0 Å². The maximum absolute atomic E-state index is 11.7. The van der Waals surface area contributed by atoms with Gasteiger partial charge in [-0.3, -0.25) is 4.79 Å². The van der Waals surface area contributed by atoms with Gasteiger partial charge in [0.1, 0.15) is 0 Å². The number of hydrogen-bond acceptors (Lipinski definition) is 3. The second kappa shape index (κ2) is 5.34. The normalized spacial score (nSPS) is 18.9. The molecule has 3 nitrogen and oxygen atoms in total. The van der Waals surface area contributed by atoms with Gasteiger partial charge in [-0.2, -0.15) is 13.2 Å². The molecule has 1 heterocycles. The Hall–Kier alpha value is -0.780. The zero-order chi connectivity index (χ0) is 11.3. The molecule has 1 aliphatic rings. The van der Waals surface area contributed by atoms with E-state index in [1.54, 1.807) is 0 Å². The molecule has 1 N–H and O–H groups in total. The molecule has 15 heavy (non-hydrogen) atoms. The number of esters is 1. The fourth-order valence-corrected chi connectivity index (χ4v) is 1.44. The summed E-state index contributed by atoms with van der Waals surface area (Å²) in [5, 5.41) is 3.06. The van der Waals surface area contributed by atoms with E-state index < -0.39 is 25.2 Å². The summed E-state index contributed by atoms with van der Waals surface area (Å²) in [7, 11) is 0. The number of alkyl halides is 3. The van der Waals surface area contributed by atoms with Crippen LogP contribution in [0.15, 0.2) is 0 Å². The van der Waals surface area contributed by atoms with E-state index in [0.29, 0.717) is 12.8 Å². The molecule has 1 fully saturated rings. The Kier molecular flexibility index (Phi) is 4.38. The summed E-state index contributed by atoms with van der Waals surface area (Å²) in [5.41, 5.74) is 0. The highest BCUT2D eigenvalue weighted by molar-refractivity contribution is 5.72. The van der Waals surface area contributed by atoms with E-state index in [2.05, 4.69) is 10.1 Å². The molecule has 1 aliphatic heterocycles. The van der Waals surface area contributed by atoms with Crippen molar-refractivity contribution in [1.82, 2.24) is 5.32 Å². The molecule has 0 aromatic heterocycles. The monoisotopic (exact) mass is 225 g/mol. The number of ether oxygens (including phenoxy) is 1. The third-order valence-corrected chi connectivity index (χ3v) is 2.30. The van der Waals surface area contributed by atoms with Crippen molar-refractivity contribution in [3.8, 4) is 0 Å². The van der Waals surface area contributed by atoms with E-state index in [0.717, 1.165) is 13.1 Å². The quantitative estimate of drug-likeness (QED) is 0.739. The van der Waals surface area contributed by atoms with E-state index in [4.69, 9.17) is 0 Å². The van der Waals surface area contributed by atoms with Crippen LogP contribution >= 0.6 is 0 Å². The van der Waals surface area contributed by atoms with Crippen LogP contribution in [0.3, 0.4) is 0 Å². The number of piperidine rings is 1. The molecule has 0 spiro atoms. The molecule has 0 aromatic carbocycles. The minimum Gasteiger partial charge on any atom is -0.465 e. The molecule has 0 saturated carbocycles. The second-order valence-electron chi connectivity index (χ2n) is 3.56. The molecule has 0 aliphatic carbocycles. The lowest BCUT2D eigenvalue weighted by molar-refractivity contribution is -0.162. The lowest BCUT2D eigenvalue weighted by atomic mass is 9.99. The number of nitrogens with one attached hydrogen (secondary N) is 1. The van der Waals surface area contributed by atoms with Gasteiger partial charge in [0.15, 0.2) is 0 Å². The smallest absolute Gasteiger partial charge is 0.392 e. The molecular weight excluding hydrogens is 211 g/mol. The van der Waals surface area contributed by atoms with Crippen molar-refractivity contribution in [1.29, 1.82) is 0 Å². The summed E-state index contributed by atoms with van der Waals surface area (Å²) in [6.07, 6.45) is -4.03. The van der Waals surface area contributed by atoms with Crippen LogP contribution in [0.25, 0.3) is 0 Å². The summed E-state index contributed by atoms with van der Waals surface area (Å²) in [6, 6.07) is 0. The van der Waals surface area contributed by atoms with E-state index in [1.165, 1.54) is 0 Å². The van der Waals surface area contributed by atoms with Crippen molar-refractivity contribution >= 4 is 5.97 Å². The first kappa shape index (κ1) is 12.3. The predicted octanol–water partition coefficient (Wildman–Crippen LogP) is 1.48. The van der Waals surface area contributed by atoms with Gasteiger partial charge >= 0.3 is 12.1 Å². The van der Waals surface area contributed by atoms with E-state index in [-0.39, 0.29) is 5.92 Å². The standard InChI is InChI=1S/C9H14F3NO2/c10-9(11,12)3-6-15-8(14)7-1-4-13-5-2-7/h7,13H,1-6H2. The molecule has 0 atom stereocenters. The Balaban J connectivity index is 2.17. The van der Waals surface area contributed by atoms with Crippen molar-refractivity contribution in [3.05, 3.63) is 0 Å². The van der Waals surface area contributed by atoms with Crippen LogP contribution in [0, 0.1) is 5.92 Å². The SMILES string of the molecule is O=C(OCCC(F)(F)F)C1CCNCC1. The van der Waals surface area contributed by atoms with Crippen molar-refractivity contribution in [3.63, 3.8) is 0 Å². The highest BCUT2D eigenvalue weighted by Crippen LogP contribution is 2.20. The Morgan fingerprint density at radius 2 is 1.93 bits per heavy atom. The van der Waals surface area contributed by atoms with E-state index >= 15 is 0 Å². The van der Waals surface area contributed by atoms with Gasteiger partial charge < -0.3 is 10.1 Å². The van der Waals surface area contributed by atoms with Gasteiger partial charge in [-0.1, -0.05) is 0 Å². The molecular formula is C9H14F3NO2. The van der Waals surface area contributed by atoms with E-state index in [9.17, 15) is 18.0 Å². The Labute approximate surface area is 86.0 Å². The van der Waals surface area contributed by atoms with Gasteiger partial charge in [-0.05, 0) is 25.9 Å². The van der Waals surface area contributed by atoms with Crippen LogP contribution in [0.4, 0.5) is 13.2 Å². The fourth-order valence-electron chi connectivity index (χ4n) is 1.44. The third kappa shape index (κ3) is 5.01. The zero-order valence-electron chi connectivity index (χ0n) is 8.27. The maximum Gasteiger partial charge on any atom is 0.392 e. The first-order valence-corrected chi connectivity index (χ1v) is 4.93. The Morgan fingerprint density at radius 3 is 2.47 bits per heavy atom. The van der Waals surface area contributed by atoms with Gasteiger partial charge in [0.2, 0.25) is 0 Å². The molecule has 1 saturated heterocycles. The first-order valence-electron chi connectivity index (χ1n) is 4.93. The van der Waals surface area contributed by atoms with Gasteiger partial charge in [-0.25, -0.2) is 0 Å². The van der Waals surface area contributed by atoms with Crippen molar-refractivity contribution < 1.29 is 22.7 Å². The number of rotatable bonds is 3. The molecule has 0 aromatic rings. The van der Waals surface area contributed by atoms with Crippen LogP contribution in [-0.4, -0.2) is 31.8 Å². The minimum atomic E-state index is -4.26. The van der Waals surface area contributed by atoms with Crippen LogP contribution in [0.1, 0.15) is 19.3 Å². The molecule has 88 valence electrons. The van der Waals surface area contributed by atoms with Crippen LogP contribution in [0.2, 0.25) is 0 Å². The van der Waals surface area contributed by atoms with Crippen molar-refractivity contribution in [2.75, 3.05) is 19.7 Å². The second-order valence-corrected chi connectivity index (χ2v) is 3.56. The first-order chi connectivity index (χ1) is 6.99. The number of halogens is 3. The summed E-state index contributed by atoms with van der Waals surface area (Å²) in [6.45, 7) is 0.879. The highest BCUT2D eigenvalue weighted by atomic mass is 19.4. The van der Waals surface area contributed by atoms with Crippen molar-refractivity contribution in [2.45, 2.75) is 25.4 Å². The van der Waals surface area contributed by atoms with Crippen LogP contribution in [0.5, 0.6) is 0 Å². The van der Waals surface area contributed by atoms with Gasteiger partial charge in [0.05, 0.1) is 18.9 Å². The summed E-state index contributed by atoms with van der Waals surface area (Å²) in [4.78, 5) is 11.3. The molecule has 0 bridgehead atoms. The Morgan fingerprint density at radius 1 is 1.33 bits per heavy atom. The van der Waals surface area contributed by atoms with E-state index in [1.807, 2.05) is 0 Å². The lowest BCUT2D eigenvalue weighted by Gasteiger charge is -2.21. The Bertz CT molecular complexity index is 212. The van der Waals surface area contributed by atoms with Gasteiger partial charge in [0, 0.05) is 0 Å².